The smallest absolute Gasteiger partial charge is 0.250 e. The van der Waals surface area contributed by atoms with Crippen molar-refractivity contribution in [3.05, 3.63) is 65.2 Å². The molecule has 2 heterocycles. The van der Waals surface area contributed by atoms with Gasteiger partial charge in [-0.1, -0.05) is 47.0 Å². The Kier molecular flexibility index (Phi) is 5.13. The number of aromatic nitrogens is 4. The lowest BCUT2D eigenvalue weighted by Gasteiger charge is -2.22. The van der Waals surface area contributed by atoms with Crippen molar-refractivity contribution in [1.82, 2.24) is 25.1 Å². The molecule has 0 N–H and O–H groups in total. The first-order chi connectivity index (χ1) is 12.8. The van der Waals surface area contributed by atoms with Crippen molar-refractivity contribution in [1.29, 1.82) is 0 Å². The molecule has 1 fully saturated rings. The van der Waals surface area contributed by atoms with Crippen molar-refractivity contribution >= 4 is 17.5 Å². The highest BCUT2D eigenvalue weighted by Gasteiger charge is 2.20. The Bertz CT molecular complexity index is 833. The summed E-state index contributed by atoms with van der Waals surface area (Å²) >= 11 is 5.98. The highest BCUT2D eigenvalue weighted by Crippen LogP contribution is 2.18. The summed E-state index contributed by atoms with van der Waals surface area (Å²) < 4.78 is 1.81. The first-order valence-corrected chi connectivity index (χ1v) is 9.23. The van der Waals surface area contributed by atoms with Gasteiger partial charge < -0.3 is 4.90 Å². The third-order valence-electron chi connectivity index (χ3n) is 4.64. The normalized spacial score (nSPS) is 15.8. The van der Waals surface area contributed by atoms with Gasteiger partial charge in [0.1, 0.15) is 0 Å². The van der Waals surface area contributed by atoms with E-state index in [4.69, 9.17) is 11.6 Å². The van der Waals surface area contributed by atoms with Gasteiger partial charge in [0, 0.05) is 37.7 Å². The summed E-state index contributed by atoms with van der Waals surface area (Å²) in [6.07, 6.45) is 1.08. The molecule has 6 nitrogen and oxygen atoms in total. The maximum atomic E-state index is 5.98. The highest BCUT2D eigenvalue weighted by atomic mass is 35.5. The topological polar surface area (TPSA) is 50.1 Å². The summed E-state index contributed by atoms with van der Waals surface area (Å²) in [5.74, 6) is 0.810. The molecule has 3 aromatic rings. The zero-order valence-electron chi connectivity index (χ0n) is 14.5. The molecule has 1 aromatic heterocycles. The molecule has 134 valence electrons. The maximum absolute atomic E-state index is 5.98. The highest BCUT2D eigenvalue weighted by molar-refractivity contribution is 6.30. The van der Waals surface area contributed by atoms with E-state index in [1.165, 1.54) is 5.56 Å². The summed E-state index contributed by atoms with van der Waals surface area (Å²) in [5, 5.41) is 13.1. The van der Waals surface area contributed by atoms with Crippen LogP contribution >= 0.6 is 11.6 Å². The number of hydrogen-bond donors (Lipinski definition) is 0. The van der Waals surface area contributed by atoms with Crippen LogP contribution < -0.4 is 4.90 Å². The molecule has 1 aliphatic rings. The molecule has 0 atom stereocenters. The van der Waals surface area contributed by atoms with Gasteiger partial charge in [0.15, 0.2) is 0 Å². The van der Waals surface area contributed by atoms with Crippen molar-refractivity contribution in [2.24, 2.45) is 0 Å². The molecule has 0 saturated carbocycles. The molecule has 0 radical (unpaired) electrons. The van der Waals surface area contributed by atoms with Crippen LogP contribution in [0, 0.1) is 0 Å². The standard InChI is InChI=1S/C19H21ClN6/c20-17-9-7-16(8-10-17)15-24-11-4-12-25(14-13-24)19-21-22-23-26(19)18-5-2-1-3-6-18/h1-3,5-10H,4,11-15H2. The van der Waals surface area contributed by atoms with E-state index in [-0.39, 0.29) is 0 Å². The second-order valence-electron chi connectivity index (χ2n) is 6.47. The van der Waals surface area contributed by atoms with Gasteiger partial charge in [0.2, 0.25) is 5.95 Å². The number of hydrogen-bond acceptors (Lipinski definition) is 5. The number of tetrazole rings is 1. The van der Waals surface area contributed by atoms with Crippen molar-refractivity contribution in [3.63, 3.8) is 0 Å². The Morgan fingerprint density at radius 2 is 1.69 bits per heavy atom. The predicted octanol–water partition coefficient (Wildman–Crippen LogP) is 3.03. The van der Waals surface area contributed by atoms with E-state index >= 15 is 0 Å². The fraction of sp³-hybridized carbons (Fsp3) is 0.316. The minimum atomic E-state index is 0.781. The monoisotopic (exact) mass is 368 g/mol. The van der Waals surface area contributed by atoms with Crippen LogP contribution in [0.5, 0.6) is 0 Å². The Labute approximate surface area is 158 Å². The van der Waals surface area contributed by atoms with Crippen LogP contribution in [0.2, 0.25) is 5.02 Å². The van der Waals surface area contributed by atoms with Gasteiger partial charge >= 0.3 is 0 Å². The summed E-state index contributed by atoms with van der Waals surface area (Å²) in [7, 11) is 0. The second kappa shape index (κ2) is 7.85. The third kappa shape index (κ3) is 3.86. The molecule has 1 aliphatic heterocycles. The van der Waals surface area contributed by atoms with Crippen LogP contribution in [-0.2, 0) is 6.54 Å². The molecule has 1 saturated heterocycles. The molecule has 0 bridgehead atoms. The van der Waals surface area contributed by atoms with Crippen molar-refractivity contribution in [3.8, 4) is 5.69 Å². The minimum absolute atomic E-state index is 0.781. The van der Waals surface area contributed by atoms with Gasteiger partial charge in [-0.25, -0.2) is 0 Å². The van der Waals surface area contributed by atoms with Gasteiger partial charge in [0.25, 0.3) is 0 Å². The summed E-state index contributed by atoms with van der Waals surface area (Å²) in [6.45, 7) is 4.83. The largest absolute Gasteiger partial charge is 0.338 e. The van der Waals surface area contributed by atoms with Gasteiger partial charge in [-0.15, -0.1) is 0 Å². The van der Waals surface area contributed by atoms with E-state index < -0.39 is 0 Å². The molecule has 26 heavy (non-hydrogen) atoms. The fourth-order valence-corrected chi connectivity index (χ4v) is 3.42. The molecular formula is C19H21ClN6. The fourth-order valence-electron chi connectivity index (χ4n) is 3.29. The molecule has 4 rings (SSSR count). The second-order valence-corrected chi connectivity index (χ2v) is 6.91. The average Bonchev–Trinajstić information content (AvgIpc) is 3.05. The Hall–Kier alpha value is -2.44. The van der Waals surface area contributed by atoms with Crippen LogP contribution in [0.3, 0.4) is 0 Å². The minimum Gasteiger partial charge on any atom is -0.338 e. The van der Waals surface area contributed by atoms with Crippen LogP contribution in [0.15, 0.2) is 54.6 Å². The lowest BCUT2D eigenvalue weighted by molar-refractivity contribution is 0.285. The van der Waals surface area contributed by atoms with Crippen molar-refractivity contribution in [2.75, 3.05) is 31.1 Å². The number of rotatable bonds is 4. The summed E-state index contributed by atoms with van der Waals surface area (Å²) in [4.78, 5) is 4.74. The predicted molar refractivity (Wildman–Crippen MR) is 103 cm³/mol. The van der Waals surface area contributed by atoms with Gasteiger partial charge in [-0.05, 0) is 46.7 Å². The van der Waals surface area contributed by atoms with Crippen molar-refractivity contribution in [2.45, 2.75) is 13.0 Å². The number of halogens is 1. The zero-order valence-corrected chi connectivity index (χ0v) is 15.3. The number of benzene rings is 2. The van der Waals surface area contributed by atoms with Crippen LogP contribution in [0.4, 0.5) is 5.95 Å². The summed E-state index contributed by atoms with van der Waals surface area (Å²) in [5.41, 5.74) is 2.27. The van der Waals surface area contributed by atoms with Crippen LogP contribution in [0.1, 0.15) is 12.0 Å². The van der Waals surface area contributed by atoms with E-state index in [0.29, 0.717) is 0 Å². The molecule has 0 spiro atoms. The van der Waals surface area contributed by atoms with E-state index in [1.807, 2.05) is 47.1 Å². The van der Waals surface area contributed by atoms with E-state index in [0.717, 1.165) is 55.8 Å². The quantitative estimate of drug-likeness (QED) is 0.708. The van der Waals surface area contributed by atoms with E-state index in [2.05, 4.69) is 37.5 Å². The third-order valence-corrected chi connectivity index (χ3v) is 4.90. The molecule has 2 aromatic carbocycles. The first-order valence-electron chi connectivity index (χ1n) is 8.85. The average molecular weight is 369 g/mol. The lowest BCUT2D eigenvalue weighted by atomic mass is 10.2. The zero-order chi connectivity index (χ0) is 17.8. The Balaban J connectivity index is 1.44. The lowest BCUT2D eigenvalue weighted by Crippen LogP contribution is -2.32. The van der Waals surface area contributed by atoms with Gasteiger partial charge in [-0.3, -0.25) is 4.90 Å². The van der Waals surface area contributed by atoms with Gasteiger partial charge in [0.05, 0.1) is 5.69 Å². The van der Waals surface area contributed by atoms with Crippen LogP contribution in [0.25, 0.3) is 5.69 Å². The molecule has 7 heteroatoms. The van der Waals surface area contributed by atoms with Crippen molar-refractivity contribution < 1.29 is 0 Å². The van der Waals surface area contributed by atoms with Crippen LogP contribution in [-0.4, -0.2) is 51.3 Å². The van der Waals surface area contributed by atoms with Gasteiger partial charge in [-0.2, -0.15) is 4.68 Å². The SMILES string of the molecule is Clc1ccc(CN2CCCN(c3nnnn3-c3ccccc3)CC2)cc1. The molecule has 0 amide bonds. The summed E-state index contributed by atoms with van der Waals surface area (Å²) in [6, 6.07) is 18.1. The molecule has 0 unspecified atom stereocenters. The first kappa shape index (κ1) is 17.0. The van der Waals surface area contributed by atoms with E-state index in [1.54, 1.807) is 0 Å². The number of nitrogens with zero attached hydrogens (tertiary/aromatic N) is 6. The number of anilines is 1. The Morgan fingerprint density at radius 1 is 0.885 bits per heavy atom. The molecular weight excluding hydrogens is 348 g/mol. The maximum Gasteiger partial charge on any atom is 0.250 e. The Morgan fingerprint density at radius 3 is 2.50 bits per heavy atom. The van der Waals surface area contributed by atoms with E-state index in [9.17, 15) is 0 Å². The number of para-hydroxylation sites is 1. The molecule has 0 aliphatic carbocycles.